The van der Waals surface area contributed by atoms with Crippen LogP contribution < -0.4 is 42.2 Å². The molecule has 4 heterocycles. The lowest BCUT2D eigenvalue weighted by Crippen LogP contribution is -2.54. The van der Waals surface area contributed by atoms with Gasteiger partial charge < -0.3 is 44.8 Å². The van der Waals surface area contributed by atoms with E-state index in [-0.39, 0.29) is 93.9 Å². The third-order valence-corrected chi connectivity index (χ3v) is 12.3. The van der Waals surface area contributed by atoms with Crippen LogP contribution in [0.15, 0.2) is 65.6 Å². The third kappa shape index (κ3) is 13.7. The van der Waals surface area contributed by atoms with Gasteiger partial charge in [0, 0.05) is 43.9 Å². The SMILES string of the molecule is CC(C)(C)OC(=O)Nc1cccn([C@@H](CC2CC2)C(=O)N[C@@H](C[C@@H]2CCNC2=O)C(=O)C(=O)NCc2cccc(OCCOCCOCCNc3cccc4c3C(=O)N(C3CCC(=O)NC3=O)C4=O)c2)c1=O. The molecule has 1 saturated carbocycles. The molecule has 22 heteroatoms. The van der Waals surface area contributed by atoms with Crippen molar-refractivity contribution in [2.75, 3.05) is 56.8 Å². The highest BCUT2D eigenvalue weighted by molar-refractivity contribution is 6.38. The molecule has 8 amide bonds. The fourth-order valence-electron chi connectivity index (χ4n) is 8.57. The van der Waals surface area contributed by atoms with Crippen molar-refractivity contribution < 1.29 is 62.1 Å². The summed E-state index contributed by atoms with van der Waals surface area (Å²) >= 11 is 0. The summed E-state index contributed by atoms with van der Waals surface area (Å²) in [7, 11) is 0. The predicted molar refractivity (Wildman–Crippen MR) is 257 cm³/mol. The van der Waals surface area contributed by atoms with E-state index in [9.17, 15) is 47.9 Å². The Labute approximate surface area is 414 Å². The van der Waals surface area contributed by atoms with Gasteiger partial charge in [-0.2, -0.15) is 0 Å². The highest BCUT2D eigenvalue weighted by Crippen LogP contribution is 2.37. The summed E-state index contributed by atoms with van der Waals surface area (Å²) in [4.78, 5) is 131. The molecule has 1 aliphatic carbocycles. The smallest absolute Gasteiger partial charge is 0.412 e. The van der Waals surface area contributed by atoms with Crippen LogP contribution in [0.4, 0.5) is 16.2 Å². The van der Waals surface area contributed by atoms with Crippen LogP contribution in [0.2, 0.25) is 0 Å². The van der Waals surface area contributed by atoms with Crippen LogP contribution >= 0.6 is 0 Å². The van der Waals surface area contributed by atoms with Gasteiger partial charge in [-0.15, -0.1) is 0 Å². The Balaban J connectivity index is 0.846. The Hall–Kier alpha value is -7.46. The number of nitrogens with zero attached hydrogens (tertiary/aromatic N) is 2. The minimum Gasteiger partial charge on any atom is -0.491 e. The number of ether oxygens (including phenoxy) is 4. The molecule has 6 N–H and O–H groups in total. The van der Waals surface area contributed by atoms with Crippen LogP contribution in [0.25, 0.3) is 0 Å². The lowest BCUT2D eigenvalue weighted by Gasteiger charge is -2.27. The topological polar surface area (TPSA) is 288 Å². The monoisotopic (exact) mass is 996 g/mol. The third-order valence-electron chi connectivity index (χ3n) is 12.3. The van der Waals surface area contributed by atoms with Crippen LogP contribution in [0, 0.1) is 11.8 Å². The summed E-state index contributed by atoms with van der Waals surface area (Å²) in [6.45, 7) is 6.84. The minimum atomic E-state index is -1.39. The molecule has 3 aliphatic heterocycles. The molecule has 4 atom stereocenters. The van der Waals surface area contributed by atoms with E-state index >= 15 is 0 Å². The second-order valence-corrected chi connectivity index (χ2v) is 18.9. The molecule has 3 fully saturated rings. The minimum absolute atomic E-state index is 0.0266. The van der Waals surface area contributed by atoms with Crippen LogP contribution in [-0.2, 0) is 49.5 Å². The Kier molecular flexibility index (Phi) is 17.2. The molecule has 1 aromatic heterocycles. The second kappa shape index (κ2) is 23.6. The van der Waals surface area contributed by atoms with Gasteiger partial charge in [0.1, 0.15) is 35.7 Å². The number of piperidine rings is 1. The Morgan fingerprint density at radius 1 is 0.806 bits per heavy atom. The number of carbonyl (C=O) groups excluding carboxylic acids is 9. The zero-order chi connectivity index (χ0) is 51.5. The number of anilines is 2. The maximum Gasteiger partial charge on any atom is 0.412 e. The number of benzene rings is 2. The van der Waals surface area contributed by atoms with Gasteiger partial charge in [0.25, 0.3) is 23.3 Å². The normalized spacial score (nSPS) is 18.4. The lowest BCUT2D eigenvalue weighted by atomic mass is 9.94. The average molecular weight is 997 g/mol. The highest BCUT2D eigenvalue weighted by atomic mass is 16.6. The van der Waals surface area contributed by atoms with Gasteiger partial charge in [-0.1, -0.05) is 31.0 Å². The van der Waals surface area contributed by atoms with E-state index in [2.05, 4.69) is 31.9 Å². The number of imide groups is 2. The summed E-state index contributed by atoms with van der Waals surface area (Å²) in [6.07, 6.45) is 2.88. The fraction of sp³-hybridized carbons (Fsp3) is 0.480. The maximum absolute atomic E-state index is 14.1. The molecule has 72 heavy (non-hydrogen) atoms. The van der Waals surface area contributed by atoms with E-state index in [0.29, 0.717) is 36.5 Å². The largest absolute Gasteiger partial charge is 0.491 e. The number of amides is 8. The molecule has 3 aromatic rings. The summed E-state index contributed by atoms with van der Waals surface area (Å²) in [5.74, 6) is -5.28. The van der Waals surface area contributed by atoms with Gasteiger partial charge in [-0.3, -0.25) is 58.7 Å². The molecule has 2 aromatic carbocycles. The van der Waals surface area contributed by atoms with Gasteiger partial charge in [-0.25, -0.2) is 4.79 Å². The number of nitrogens with one attached hydrogen (secondary N) is 6. The van der Waals surface area contributed by atoms with Crippen molar-refractivity contribution in [2.45, 2.75) is 96.0 Å². The molecule has 1 unspecified atom stereocenters. The van der Waals surface area contributed by atoms with Crippen molar-refractivity contribution >= 4 is 64.6 Å². The maximum atomic E-state index is 14.1. The van der Waals surface area contributed by atoms with Crippen molar-refractivity contribution in [2.24, 2.45) is 11.8 Å². The van der Waals surface area contributed by atoms with Gasteiger partial charge >= 0.3 is 6.09 Å². The van der Waals surface area contributed by atoms with E-state index in [1.165, 1.54) is 29.0 Å². The van der Waals surface area contributed by atoms with Crippen molar-refractivity contribution in [1.82, 2.24) is 30.7 Å². The number of ketones is 1. The van der Waals surface area contributed by atoms with Gasteiger partial charge in [0.2, 0.25) is 29.4 Å². The number of fused-ring (bicyclic) bond motifs is 1. The zero-order valence-electron chi connectivity index (χ0n) is 40.4. The fourth-order valence-corrected chi connectivity index (χ4v) is 8.57. The summed E-state index contributed by atoms with van der Waals surface area (Å²) < 4.78 is 23.6. The van der Waals surface area contributed by atoms with E-state index in [1.54, 1.807) is 57.2 Å². The van der Waals surface area contributed by atoms with Crippen LogP contribution in [0.3, 0.4) is 0 Å². The van der Waals surface area contributed by atoms with Gasteiger partial charge in [-0.05, 0) is 94.3 Å². The number of Topliss-reactive ketones (excluding diaryl/α,β-unsaturated/α-hetero) is 1. The second-order valence-electron chi connectivity index (χ2n) is 18.9. The van der Waals surface area contributed by atoms with Crippen molar-refractivity contribution in [1.29, 1.82) is 0 Å². The molecular formula is C50H60N8O14. The first kappa shape index (κ1) is 52.4. The van der Waals surface area contributed by atoms with E-state index < -0.39 is 82.5 Å². The summed E-state index contributed by atoms with van der Waals surface area (Å²) in [6, 6.07) is 11.0. The lowest BCUT2D eigenvalue weighted by molar-refractivity contribution is -0.141. The van der Waals surface area contributed by atoms with Crippen molar-refractivity contribution in [3.8, 4) is 5.75 Å². The van der Waals surface area contributed by atoms with Crippen molar-refractivity contribution in [3.63, 3.8) is 0 Å². The van der Waals surface area contributed by atoms with E-state index in [1.807, 2.05) is 0 Å². The van der Waals surface area contributed by atoms with Crippen LogP contribution in [0.1, 0.15) is 98.0 Å². The molecule has 384 valence electrons. The molecule has 0 spiro atoms. The average Bonchev–Trinajstić information content (AvgIpc) is 4.02. The Morgan fingerprint density at radius 3 is 2.26 bits per heavy atom. The van der Waals surface area contributed by atoms with Crippen molar-refractivity contribution in [3.05, 3.63) is 87.8 Å². The Bertz CT molecular complexity index is 2640. The zero-order valence-corrected chi connectivity index (χ0v) is 40.4. The molecule has 7 rings (SSSR count). The molecular weight excluding hydrogens is 937 g/mol. The number of rotatable bonds is 24. The number of aromatic nitrogens is 1. The number of hydrogen-bond donors (Lipinski definition) is 6. The number of carbonyl (C=O) groups is 9. The van der Waals surface area contributed by atoms with E-state index in [4.69, 9.17) is 18.9 Å². The molecule has 0 bridgehead atoms. The molecule has 22 nitrogen and oxygen atoms in total. The number of hydrogen-bond acceptors (Lipinski definition) is 15. The van der Waals surface area contributed by atoms with Gasteiger partial charge in [0.15, 0.2) is 0 Å². The predicted octanol–water partition coefficient (Wildman–Crippen LogP) is 2.36. The first-order chi connectivity index (χ1) is 34.5. The van der Waals surface area contributed by atoms with Gasteiger partial charge in [0.05, 0.1) is 43.6 Å². The van der Waals surface area contributed by atoms with Crippen LogP contribution in [-0.4, -0.2) is 127 Å². The first-order valence-corrected chi connectivity index (χ1v) is 24.0. The standard InChI is InChI=1S/C50H60N8O14/c1-50(2,3)72-49(68)55-35-11-6-19-57(47(35)66)38(26-29-12-13-29)44(63)54-36(27-31-16-17-52-42(31)61)41(60)45(64)53-28-30-7-4-8-32(25-30)71-24-23-70-22-21-69-20-18-51-34-10-5-9-33-40(34)48(67)58(46(33)65)37-14-15-39(59)56-43(37)62/h4-11,19,25,29,31,36-38,51H,12-18,20-24,26-28H2,1-3H3,(H,52,61)(H,53,64)(H,54,63)(H,55,68)(H,56,59,62)/t31-,36-,37?,38-/m0/s1. The van der Waals surface area contributed by atoms with E-state index in [0.717, 1.165) is 17.7 Å². The number of pyridine rings is 1. The molecule has 0 radical (unpaired) electrons. The molecule has 2 saturated heterocycles. The highest BCUT2D eigenvalue weighted by Gasteiger charge is 2.46. The van der Waals surface area contributed by atoms with Crippen LogP contribution in [0.5, 0.6) is 5.75 Å². The Morgan fingerprint density at radius 2 is 1.54 bits per heavy atom. The summed E-state index contributed by atoms with van der Waals surface area (Å²) in [5, 5.41) is 15.8. The first-order valence-electron chi connectivity index (χ1n) is 24.0. The summed E-state index contributed by atoms with van der Waals surface area (Å²) in [5.41, 5.74) is -0.236. The quantitative estimate of drug-likeness (QED) is 0.0427. The molecule has 4 aliphatic rings.